The zero-order valence-electron chi connectivity index (χ0n) is 9.81. The SMILES string of the molecule is Nc1ccccc1OCCS(=O)(=O)Nc1cnns1. The minimum absolute atomic E-state index is 0.00970. The van der Waals surface area contributed by atoms with Crippen LogP contribution in [0.2, 0.25) is 0 Å². The number of rotatable bonds is 6. The van der Waals surface area contributed by atoms with E-state index in [4.69, 9.17) is 10.5 Å². The van der Waals surface area contributed by atoms with Crippen molar-refractivity contribution in [3.63, 3.8) is 0 Å². The smallest absolute Gasteiger partial charge is 0.236 e. The number of benzene rings is 1. The van der Waals surface area contributed by atoms with E-state index in [2.05, 4.69) is 14.3 Å². The van der Waals surface area contributed by atoms with Crippen LogP contribution in [-0.2, 0) is 10.0 Å². The van der Waals surface area contributed by atoms with E-state index >= 15 is 0 Å². The summed E-state index contributed by atoms with van der Waals surface area (Å²) in [7, 11) is -3.47. The van der Waals surface area contributed by atoms with Gasteiger partial charge in [-0.2, -0.15) is 0 Å². The van der Waals surface area contributed by atoms with Crippen molar-refractivity contribution in [3.8, 4) is 5.75 Å². The number of nitrogens with one attached hydrogen (secondary N) is 1. The van der Waals surface area contributed by atoms with Gasteiger partial charge < -0.3 is 10.5 Å². The number of sulfonamides is 1. The Bertz CT molecular complexity index is 628. The third kappa shape index (κ3) is 4.07. The molecule has 0 saturated heterocycles. The van der Waals surface area contributed by atoms with E-state index in [1.54, 1.807) is 24.3 Å². The number of hydrogen-bond acceptors (Lipinski definition) is 7. The molecule has 0 unspecified atom stereocenters. The maximum atomic E-state index is 11.7. The molecule has 0 amide bonds. The minimum Gasteiger partial charge on any atom is -0.490 e. The van der Waals surface area contributed by atoms with E-state index in [1.807, 2.05) is 0 Å². The van der Waals surface area contributed by atoms with Crippen LogP contribution in [0.4, 0.5) is 10.7 Å². The number of ether oxygens (including phenoxy) is 1. The van der Waals surface area contributed by atoms with E-state index in [0.717, 1.165) is 11.5 Å². The summed E-state index contributed by atoms with van der Waals surface area (Å²) >= 11 is 0.970. The monoisotopic (exact) mass is 300 g/mol. The number of para-hydroxylation sites is 2. The number of hydrogen-bond donors (Lipinski definition) is 2. The van der Waals surface area contributed by atoms with Gasteiger partial charge in [0, 0.05) is 11.5 Å². The van der Waals surface area contributed by atoms with Gasteiger partial charge in [0.05, 0.1) is 11.9 Å². The van der Waals surface area contributed by atoms with Crippen LogP contribution in [0.3, 0.4) is 0 Å². The molecule has 0 aliphatic heterocycles. The molecule has 1 aromatic heterocycles. The molecule has 9 heteroatoms. The Hall–Kier alpha value is -1.87. The van der Waals surface area contributed by atoms with Crippen molar-refractivity contribution in [2.45, 2.75) is 0 Å². The topological polar surface area (TPSA) is 107 Å². The van der Waals surface area contributed by atoms with Crippen LogP contribution in [0.1, 0.15) is 0 Å². The fraction of sp³-hybridized carbons (Fsp3) is 0.200. The summed E-state index contributed by atoms with van der Waals surface area (Å²) in [5, 5.41) is 3.91. The first-order chi connectivity index (χ1) is 9.07. The molecule has 0 aliphatic rings. The van der Waals surface area contributed by atoms with Crippen molar-refractivity contribution in [1.29, 1.82) is 0 Å². The molecule has 7 nitrogen and oxygen atoms in total. The van der Waals surface area contributed by atoms with E-state index in [9.17, 15) is 8.42 Å². The predicted octanol–water partition coefficient (Wildman–Crippen LogP) is 0.941. The molecule has 2 aromatic rings. The molecule has 0 saturated carbocycles. The Kier molecular flexibility index (Phi) is 4.17. The summed E-state index contributed by atoms with van der Waals surface area (Å²) in [4.78, 5) is 0. The number of nitrogens with two attached hydrogens (primary N) is 1. The van der Waals surface area contributed by atoms with E-state index in [1.165, 1.54) is 6.20 Å². The predicted molar refractivity (Wildman–Crippen MR) is 73.7 cm³/mol. The lowest BCUT2D eigenvalue weighted by Crippen LogP contribution is -2.21. The van der Waals surface area contributed by atoms with Crippen LogP contribution in [0.15, 0.2) is 30.5 Å². The average Bonchev–Trinajstić information content (AvgIpc) is 2.83. The highest BCUT2D eigenvalue weighted by molar-refractivity contribution is 7.92. The highest BCUT2D eigenvalue weighted by Crippen LogP contribution is 2.19. The Labute approximate surface area is 114 Å². The first-order valence-electron chi connectivity index (χ1n) is 5.32. The van der Waals surface area contributed by atoms with Gasteiger partial charge in [0.1, 0.15) is 23.1 Å². The summed E-state index contributed by atoms with van der Waals surface area (Å²) < 4.78 is 34.6. The first-order valence-corrected chi connectivity index (χ1v) is 7.74. The number of aromatic nitrogens is 2. The summed E-state index contributed by atoms with van der Waals surface area (Å²) in [6.07, 6.45) is 1.35. The maximum absolute atomic E-state index is 11.7. The lowest BCUT2D eigenvalue weighted by molar-refractivity contribution is 0.343. The zero-order valence-corrected chi connectivity index (χ0v) is 11.4. The van der Waals surface area contributed by atoms with Crippen LogP contribution >= 0.6 is 11.5 Å². The Balaban J connectivity index is 1.87. The number of nitrogens with zero attached hydrogens (tertiary/aromatic N) is 2. The first kappa shape index (κ1) is 13.6. The molecule has 1 aromatic carbocycles. The van der Waals surface area contributed by atoms with Gasteiger partial charge in [-0.25, -0.2) is 8.42 Å². The van der Waals surface area contributed by atoms with Crippen LogP contribution in [-0.4, -0.2) is 30.4 Å². The second-order valence-corrected chi connectivity index (χ2v) is 6.22. The van der Waals surface area contributed by atoms with Crippen molar-refractivity contribution in [1.82, 2.24) is 9.59 Å². The van der Waals surface area contributed by atoms with E-state index < -0.39 is 10.0 Å². The zero-order chi connectivity index (χ0) is 13.7. The molecular weight excluding hydrogens is 288 g/mol. The normalized spacial score (nSPS) is 11.2. The van der Waals surface area contributed by atoms with Gasteiger partial charge in [-0.3, -0.25) is 4.72 Å². The van der Waals surface area contributed by atoms with Gasteiger partial charge in [0.15, 0.2) is 0 Å². The van der Waals surface area contributed by atoms with Crippen molar-refractivity contribution in [2.24, 2.45) is 0 Å². The molecule has 0 fully saturated rings. The lowest BCUT2D eigenvalue weighted by Gasteiger charge is -2.09. The summed E-state index contributed by atoms with van der Waals surface area (Å²) in [5.74, 6) is 0.288. The van der Waals surface area contributed by atoms with Gasteiger partial charge in [-0.05, 0) is 12.1 Å². The third-order valence-electron chi connectivity index (χ3n) is 2.15. The molecule has 0 aliphatic carbocycles. The van der Waals surface area contributed by atoms with Crippen LogP contribution < -0.4 is 15.2 Å². The van der Waals surface area contributed by atoms with Gasteiger partial charge in [-0.15, -0.1) is 5.10 Å². The van der Waals surface area contributed by atoms with E-state index in [0.29, 0.717) is 16.4 Å². The van der Waals surface area contributed by atoms with Gasteiger partial charge in [-0.1, -0.05) is 16.6 Å². The van der Waals surface area contributed by atoms with Crippen molar-refractivity contribution < 1.29 is 13.2 Å². The maximum Gasteiger partial charge on any atom is 0.236 e. The summed E-state index contributed by atoms with van der Waals surface area (Å²) in [6.45, 7) is 0.00970. The molecule has 2 rings (SSSR count). The molecule has 0 bridgehead atoms. The molecule has 19 heavy (non-hydrogen) atoms. The molecule has 0 spiro atoms. The third-order valence-corrected chi connectivity index (χ3v) is 4.09. The highest BCUT2D eigenvalue weighted by Gasteiger charge is 2.12. The second-order valence-electron chi connectivity index (χ2n) is 3.59. The Morgan fingerprint density at radius 1 is 1.37 bits per heavy atom. The fourth-order valence-electron chi connectivity index (χ4n) is 1.29. The van der Waals surface area contributed by atoms with Crippen molar-refractivity contribution in [2.75, 3.05) is 22.8 Å². The Morgan fingerprint density at radius 3 is 2.84 bits per heavy atom. The van der Waals surface area contributed by atoms with Gasteiger partial charge >= 0.3 is 0 Å². The fourth-order valence-corrected chi connectivity index (χ4v) is 2.86. The highest BCUT2D eigenvalue weighted by atomic mass is 32.2. The summed E-state index contributed by atoms with van der Waals surface area (Å²) in [6, 6.07) is 6.91. The standard InChI is InChI=1S/C10H12N4O3S2/c11-8-3-1-2-4-9(8)17-5-6-19(15,16)13-10-7-12-14-18-10/h1-4,7,13H,5-6,11H2. The quantitative estimate of drug-likeness (QED) is 0.769. The Morgan fingerprint density at radius 2 is 2.16 bits per heavy atom. The summed E-state index contributed by atoms with van der Waals surface area (Å²) in [5.41, 5.74) is 6.15. The van der Waals surface area contributed by atoms with Crippen molar-refractivity contribution >= 4 is 32.2 Å². The number of nitrogen functional groups attached to an aromatic ring is 1. The molecular formula is C10H12N4O3S2. The molecule has 0 atom stereocenters. The number of anilines is 2. The largest absolute Gasteiger partial charge is 0.490 e. The molecule has 3 N–H and O–H groups in total. The van der Waals surface area contributed by atoms with Crippen LogP contribution in [0.25, 0.3) is 0 Å². The van der Waals surface area contributed by atoms with Crippen molar-refractivity contribution in [3.05, 3.63) is 30.5 Å². The van der Waals surface area contributed by atoms with E-state index in [-0.39, 0.29) is 12.4 Å². The van der Waals surface area contributed by atoms with Crippen LogP contribution in [0.5, 0.6) is 5.75 Å². The van der Waals surface area contributed by atoms with Gasteiger partial charge in [0.2, 0.25) is 10.0 Å². The molecule has 102 valence electrons. The molecule has 0 radical (unpaired) electrons. The minimum atomic E-state index is -3.47. The molecule has 1 heterocycles. The van der Waals surface area contributed by atoms with Gasteiger partial charge in [0.25, 0.3) is 0 Å². The lowest BCUT2D eigenvalue weighted by atomic mass is 10.3. The second kappa shape index (κ2) is 5.85. The average molecular weight is 300 g/mol. The van der Waals surface area contributed by atoms with Crippen LogP contribution in [0, 0.1) is 0 Å².